The van der Waals surface area contributed by atoms with Crippen LogP contribution in [-0.4, -0.2) is 55.2 Å². The minimum absolute atomic E-state index is 0.0229. The molecule has 0 aromatic carbocycles. The van der Waals surface area contributed by atoms with Gasteiger partial charge >= 0.3 is 0 Å². The second-order valence-corrected chi connectivity index (χ2v) is 6.10. The van der Waals surface area contributed by atoms with Crippen LogP contribution in [0.15, 0.2) is 23.2 Å². The van der Waals surface area contributed by atoms with E-state index in [0.717, 1.165) is 0 Å². The van der Waals surface area contributed by atoms with E-state index in [-0.39, 0.29) is 36.4 Å². The fraction of sp³-hybridized carbons (Fsp3) is 0.500. The van der Waals surface area contributed by atoms with Crippen LogP contribution in [0.2, 0.25) is 5.15 Å². The Bertz CT molecular complexity index is 522. The van der Waals surface area contributed by atoms with Crippen molar-refractivity contribution in [3.8, 4) is 0 Å². The van der Waals surface area contributed by atoms with E-state index in [0.29, 0.717) is 0 Å². The normalized spacial score (nSPS) is 22.0. The molecule has 1 fully saturated rings. The van der Waals surface area contributed by atoms with Gasteiger partial charge in [0.1, 0.15) is 10.0 Å². The van der Waals surface area contributed by atoms with Gasteiger partial charge in [-0.05, 0) is 12.1 Å². The van der Waals surface area contributed by atoms with Crippen LogP contribution in [0.5, 0.6) is 0 Å². The van der Waals surface area contributed by atoms with Gasteiger partial charge in [-0.1, -0.05) is 11.6 Å². The Labute approximate surface area is 110 Å². The van der Waals surface area contributed by atoms with Gasteiger partial charge in [-0.3, -0.25) is 0 Å². The molecule has 1 atom stereocenters. The van der Waals surface area contributed by atoms with E-state index in [1.165, 1.54) is 22.6 Å². The van der Waals surface area contributed by atoms with Gasteiger partial charge in [0.25, 0.3) is 0 Å². The Hall–Kier alpha value is -0.730. The Morgan fingerprint density at radius 2 is 2.39 bits per heavy atom. The second kappa shape index (κ2) is 5.50. The lowest BCUT2D eigenvalue weighted by molar-refractivity contribution is -0.0304. The van der Waals surface area contributed by atoms with Gasteiger partial charge in [0, 0.05) is 19.3 Å². The van der Waals surface area contributed by atoms with Gasteiger partial charge in [-0.25, -0.2) is 13.4 Å². The summed E-state index contributed by atoms with van der Waals surface area (Å²) < 4.78 is 31.1. The average Bonchev–Trinajstić information content (AvgIpc) is 2.39. The highest BCUT2D eigenvalue weighted by molar-refractivity contribution is 7.89. The van der Waals surface area contributed by atoms with Crippen LogP contribution in [0.3, 0.4) is 0 Å². The number of rotatable bonds is 3. The maximum Gasteiger partial charge on any atom is 0.246 e. The second-order valence-electron chi connectivity index (χ2n) is 3.83. The van der Waals surface area contributed by atoms with Crippen LogP contribution in [0.25, 0.3) is 0 Å². The molecule has 0 spiro atoms. The molecular weight excluding hydrogens is 280 g/mol. The number of sulfonamides is 1. The monoisotopic (exact) mass is 292 g/mol. The molecule has 1 aromatic rings. The molecule has 0 bridgehead atoms. The molecule has 100 valence electrons. The number of pyridine rings is 1. The Morgan fingerprint density at radius 1 is 1.61 bits per heavy atom. The number of aromatic nitrogens is 1. The summed E-state index contributed by atoms with van der Waals surface area (Å²) in [7, 11) is -3.69. The summed E-state index contributed by atoms with van der Waals surface area (Å²) >= 11 is 5.80. The van der Waals surface area contributed by atoms with Gasteiger partial charge in [0.05, 0.1) is 19.3 Å². The van der Waals surface area contributed by atoms with Crippen molar-refractivity contribution in [1.29, 1.82) is 0 Å². The largest absolute Gasteiger partial charge is 0.394 e. The Balaban J connectivity index is 2.29. The van der Waals surface area contributed by atoms with Crippen molar-refractivity contribution in [3.05, 3.63) is 23.5 Å². The molecule has 18 heavy (non-hydrogen) atoms. The van der Waals surface area contributed by atoms with Gasteiger partial charge < -0.3 is 9.84 Å². The van der Waals surface area contributed by atoms with Gasteiger partial charge in [-0.2, -0.15) is 4.31 Å². The summed E-state index contributed by atoms with van der Waals surface area (Å²) in [6.07, 6.45) is 0.931. The van der Waals surface area contributed by atoms with Crippen LogP contribution in [0, 0.1) is 0 Å². The molecule has 1 N–H and O–H groups in total. The van der Waals surface area contributed by atoms with Gasteiger partial charge in [0.15, 0.2) is 0 Å². The number of halogens is 1. The predicted molar refractivity (Wildman–Crippen MR) is 64.8 cm³/mol. The van der Waals surface area contributed by atoms with E-state index < -0.39 is 16.1 Å². The fourth-order valence-electron chi connectivity index (χ4n) is 1.72. The van der Waals surface area contributed by atoms with E-state index in [9.17, 15) is 8.42 Å². The van der Waals surface area contributed by atoms with Crippen molar-refractivity contribution in [2.75, 3.05) is 26.3 Å². The molecule has 1 saturated heterocycles. The maximum atomic E-state index is 12.3. The quantitative estimate of drug-likeness (QED) is 0.800. The summed E-state index contributed by atoms with van der Waals surface area (Å²) in [4.78, 5) is 3.74. The van der Waals surface area contributed by atoms with Crippen molar-refractivity contribution in [2.24, 2.45) is 0 Å². The topological polar surface area (TPSA) is 79.7 Å². The van der Waals surface area contributed by atoms with Gasteiger partial charge in [0.2, 0.25) is 10.0 Å². The molecule has 1 aromatic heterocycles. The molecule has 1 unspecified atom stereocenters. The highest BCUT2D eigenvalue weighted by Gasteiger charge is 2.32. The molecule has 0 amide bonds. The molecule has 1 aliphatic heterocycles. The zero-order valence-electron chi connectivity index (χ0n) is 9.49. The number of hydrogen-bond acceptors (Lipinski definition) is 5. The molecule has 2 heterocycles. The number of aliphatic hydroxyl groups excluding tert-OH is 1. The van der Waals surface area contributed by atoms with Crippen molar-refractivity contribution in [1.82, 2.24) is 9.29 Å². The first kappa shape index (κ1) is 13.7. The lowest BCUT2D eigenvalue weighted by Crippen LogP contribution is -2.46. The third-order valence-electron chi connectivity index (χ3n) is 2.65. The minimum atomic E-state index is -3.69. The number of morpholine rings is 1. The van der Waals surface area contributed by atoms with Crippen molar-refractivity contribution in [3.63, 3.8) is 0 Å². The van der Waals surface area contributed by atoms with E-state index in [1.807, 2.05) is 0 Å². The van der Waals surface area contributed by atoms with Crippen LogP contribution < -0.4 is 0 Å². The van der Waals surface area contributed by atoms with Gasteiger partial charge in [-0.15, -0.1) is 0 Å². The SMILES string of the molecule is O=S(=O)(c1cccnc1Cl)N1CCOC(CO)C1. The van der Waals surface area contributed by atoms with E-state index >= 15 is 0 Å². The van der Waals surface area contributed by atoms with E-state index in [1.54, 1.807) is 0 Å². The van der Waals surface area contributed by atoms with E-state index in [4.69, 9.17) is 21.4 Å². The number of nitrogens with zero attached hydrogens (tertiary/aromatic N) is 2. The fourth-order valence-corrected chi connectivity index (χ4v) is 3.61. The molecule has 8 heteroatoms. The first-order chi connectivity index (χ1) is 8.55. The van der Waals surface area contributed by atoms with Crippen LogP contribution in [-0.2, 0) is 14.8 Å². The number of aliphatic hydroxyl groups is 1. The standard InChI is InChI=1S/C10H13ClN2O4S/c11-10-9(2-1-3-12-10)18(15,16)13-4-5-17-8(6-13)7-14/h1-3,8,14H,4-7H2. The Kier molecular flexibility index (Phi) is 4.18. The summed E-state index contributed by atoms with van der Waals surface area (Å²) in [6, 6.07) is 2.93. The molecule has 0 aliphatic carbocycles. The highest BCUT2D eigenvalue weighted by Crippen LogP contribution is 2.23. The third kappa shape index (κ3) is 2.65. The van der Waals surface area contributed by atoms with Crippen molar-refractivity contribution >= 4 is 21.6 Å². The molecule has 2 rings (SSSR count). The lowest BCUT2D eigenvalue weighted by atomic mass is 10.3. The first-order valence-corrected chi connectivity index (χ1v) is 7.20. The number of ether oxygens (including phenoxy) is 1. The third-order valence-corrected chi connectivity index (χ3v) is 4.96. The molecule has 1 aliphatic rings. The zero-order valence-corrected chi connectivity index (χ0v) is 11.1. The zero-order chi connectivity index (χ0) is 13.2. The maximum absolute atomic E-state index is 12.3. The summed E-state index contributed by atoms with van der Waals surface area (Å²) in [6.45, 7) is 0.392. The lowest BCUT2D eigenvalue weighted by Gasteiger charge is -2.31. The smallest absolute Gasteiger partial charge is 0.246 e. The van der Waals surface area contributed by atoms with E-state index in [2.05, 4.69) is 4.98 Å². The molecule has 0 radical (unpaired) electrons. The summed E-state index contributed by atoms with van der Waals surface area (Å²) in [5.74, 6) is 0. The minimum Gasteiger partial charge on any atom is -0.394 e. The number of hydrogen-bond donors (Lipinski definition) is 1. The van der Waals surface area contributed by atoms with Crippen molar-refractivity contribution < 1.29 is 18.3 Å². The predicted octanol–water partition coefficient (Wildman–Crippen LogP) is 0.117. The highest BCUT2D eigenvalue weighted by atomic mass is 35.5. The van der Waals surface area contributed by atoms with Crippen LogP contribution in [0.4, 0.5) is 0 Å². The summed E-state index contributed by atoms with van der Waals surface area (Å²) in [5, 5.41) is 8.96. The first-order valence-electron chi connectivity index (χ1n) is 5.39. The van der Waals surface area contributed by atoms with Crippen LogP contribution >= 0.6 is 11.6 Å². The molecule has 0 saturated carbocycles. The molecule has 6 nitrogen and oxygen atoms in total. The molecular formula is C10H13ClN2O4S. The summed E-state index contributed by atoms with van der Waals surface area (Å²) in [5.41, 5.74) is 0. The Morgan fingerprint density at radius 3 is 3.06 bits per heavy atom. The average molecular weight is 293 g/mol. The van der Waals surface area contributed by atoms with Crippen LogP contribution in [0.1, 0.15) is 0 Å². The van der Waals surface area contributed by atoms with Crippen molar-refractivity contribution in [2.45, 2.75) is 11.0 Å².